The highest BCUT2D eigenvalue weighted by atomic mass is 16.5. The molecule has 0 aliphatic carbocycles. The van der Waals surface area contributed by atoms with E-state index in [-0.39, 0.29) is 5.63 Å². The van der Waals surface area contributed by atoms with E-state index in [1.165, 1.54) is 0 Å². The van der Waals surface area contributed by atoms with Crippen molar-refractivity contribution in [2.75, 3.05) is 14.2 Å². The predicted molar refractivity (Wildman–Crippen MR) is 66.4 cm³/mol. The molecule has 0 amide bonds. The number of hydrogen-bond acceptors (Lipinski definition) is 4. The third-order valence-corrected chi connectivity index (χ3v) is 2.85. The van der Waals surface area contributed by atoms with Crippen molar-refractivity contribution in [3.63, 3.8) is 0 Å². The average molecular weight is 249 g/mol. The molecule has 5 heteroatoms. The first-order valence-corrected chi connectivity index (χ1v) is 5.53. The summed E-state index contributed by atoms with van der Waals surface area (Å²) in [5.41, 5.74) is 1.86. The van der Waals surface area contributed by atoms with Crippen LogP contribution >= 0.6 is 0 Å². The summed E-state index contributed by atoms with van der Waals surface area (Å²) in [5.74, 6) is 1.44. The maximum absolute atomic E-state index is 11.5. The molecule has 0 fully saturated rings. The van der Waals surface area contributed by atoms with Crippen molar-refractivity contribution in [2.45, 2.75) is 13.3 Å². The minimum atomic E-state index is -0.350. The number of nitrogens with one attached hydrogen (secondary N) is 1. The fraction of sp³-hybridized carbons (Fsp3) is 0.308. The van der Waals surface area contributed by atoms with E-state index in [4.69, 9.17) is 14.0 Å². The molecule has 0 unspecified atom stereocenters. The summed E-state index contributed by atoms with van der Waals surface area (Å²) in [6, 6.07) is 5.48. The SMILES string of the molecule is COc1ccc(OC)c(Cc2c(C)[nH]oc2=O)c1. The zero-order chi connectivity index (χ0) is 13.1. The molecule has 96 valence electrons. The monoisotopic (exact) mass is 249 g/mol. The molecule has 1 N–H and O–H groups in total. The molecule has 18 heavy (non-hydrogen) atoms. The van der Waals surface area contributed by atoms with Gasteiger partial charge >= 0.3 is 5.63 Å². The second kappa shape index (κ2) is 5.00. The van der Waals surface area contributed by atoms with Crippen molar-refractivity contribution < 1.29 is 14.0 Å². The molecule has 5 nitrogen and oxygen atoms in total. The van der Waals surface area contributed by atoms with Gasteiger partial charge in [0.2, 0.25) is 0 Å². The number of H-pyrrole nitrogens is 1. The summed E-state index contributed by atoms with van der Waals surface area (Å²) >= 11 is 0. The van der Waals surface area contributed by atoms with Gasteiger partial charge in [-0.25, -0.2) is 9.95 Å². The molecule has 1 aromatic heterocycles. The first-order valence-electron chi connectivity index (χ1n) is 5.53. The van der Waals surface area contributed by atoms with Crippen molar-refractivity contribution in [2.24, 2.45) is 0 Å². The molecule has 0 aliphatic rings. The Kier molecular flexibility index (Phi) is 3.41. The van der Waals surface area contributed by atoms with Crippen LogP contribution in [-0.2, 0) is 6.42 Å². The van der Waals surface area contributed by atoms with E-state index in [0.29, 0.717) is 12.0 Å². The van der Waals surface area contributed by atoms with Crippen molar-refractivity contribution in [1.82, 2.24) is 5.16 Å². The van der Waals surface area contributed by atoms with Crippen LogP contribution in [0.15, 0.2) is 27.5 Å². The van der Waals surface area contributed by atoms with Crippen molar-refractivity contribution in [1.29, 1.82) is 0 Å². The highest BCUT2D eigenvalue weighted by Crippen LogP contribution is 2.26. The van der Waals surface area contributed by atoms with Crippen LogP contribution in [0, 0.1) is 6.92 Å². The van der Waals surface area contributed by atoms with E-state index in [9.17, 15) is 4.79 Å². The lowest BCUT2D eigenvalue weighted by molar-refractivity contribution is 0.386. The molecular formula is C13H15NO4. The molecule has 1 aromatic carbocycles. The number of rotatable bonds is 4. The highest BCUT2D eigenvalue weighted by Gasteiger charge is 2.13. The summed E-state index contributed by atoms with van der Waals surface area (Å²) in [5, 5.41) is 2.56. The Hall–Kier alpha value is -2.17. The van der Waals surface area contributed by atoms with Crippen molar-refractivity contribution in [3.8, 4) is 11.5 Å². The molecule has 0 spiro atoms. The number of benzene rings is 1. The molecule has 0 atom stereocenters. The van der Waals surface area contributed by atoms with Crippen LogP contribution < -0.4 is 15.1 Å². The van der Waals surface area contributed by atoms with E-state index in [1.54, 1.807) is 21.1 Å². The van der Waals surface area contributed by atoms with Crippen LogP contribution in [0.3, 0.4) is 0 Å². The molecule has 1 heterocycles. The fourth-order valence-corrected chi connectivity index (χ4v) is 1.81. The normalized spacial score (nSPS) is 10.4. The molecule has 2 rings (SSSR count). The third-order valence-electron chi connectivity index (χ3n) is 2.85. The molecule has 0 saturated heterocycles. The zero-order valence-corrected chi connectivity index (χ0v) is 10.6. The zero-order valence-electron chi connectivity index (χ0n) is 10.6. The smallest absolute Gasteiger partial charge is 0.360 e. The van der Waals surface area contributed by atoms with E-state index >= 15 is 0 Å². The lowest BCUT2D eigenvalue weighted by Gasteiger charge is -2.09. The van der Waals surface area contributed by atoms with Gasteiger partial charge in [-0.3, -0.25) is 0 Å². The second-order valence-electron chi connectivity index (χ2n) is 3.95. The summed E-state index contributed by atoms with van der Waals surface area (Å²) in [6.07, 6.45) is 0.443. The van der Waals surface area contributed by atoms with Crippen LogP contribution in [0.25, 0.3) is 0 Å². The van der Waals surface area contributed by atoms with E-state index in [2.05, 4.69) is 5.16 Å². The van der Waals surface area contributed by atoms with Gasteiger partial charge in [-0.05, 0) is 25.1 Å². The number of ether oxygens (including phenoxy) is 2. The molecule has 2 aromatic rings. The van der Waals surface area contributed by atoms with Gasteiger partial charge in [0.05, 0.1) is 25.5 Å². The maximum atomic E-state index is 11.5. The Morgan fingerprint density at radius 1 is 1.28 bits per heavy atom. The van der Waals surface area contributed by atoms with Gasteiger partial charge in [-0.15, -0.1) is 0 Å². The Balaban J connectivity index is 2.41. The number of aryl methyl sites for hydroxylation is 1. The van der Waals surface area contributed by atoms with Crippen molar-refractivity contribution in [3.05, 3.63) is 45.4 Å². The van der Waals surface area contributed by atoms with Crippen LogP contribution in [0.1, 0.15) is 16.8 Å². The lowest BCUT2D eigenvalue weighted by atomic mass is 10.0. The van der Waals surface area contributed by atoms with Gasteiger partial charge in [0, 0.05) is 12.0 Å². The Morgan fingerprint density at radius 3 is 2.61 bits per heavy atom. The van der Waals surface area contributed by atoms with Crippen LogP contribution in [0.5, 0.6) is 11.5 Å². The fourth-order valence-electron chi connectivity index (χ4n) is 1.81. The topological polar surface area (TPSA) is 64.5 Å². The van der Waals surface area contributed by atoms with Crippen molar-refractivity contribution >= 4 is 0 Å². The summed E-state index contributed by atoms with van der Waals surface area (Å²) < 4.78 is 15.2. The number of aromatic amines is 1. The van der Waals surface area contributed by atoms with Crippen LogP contribution in [0.4, 0.5) is 0 Å². The molecule has 0 bridgehead atoms. The van der Waals surface area contributed by atoms with Gasteiger partial charge in [0.25, 0.3) is 0 Å². The first kappa shape index (κ1) is 12.3. The third kappa shape index (κ3) is 2.25. The quantitative estimate of drug-likeness (QED) is 0.898. The number of methoxy groups -OCH3 is 2. The standard InChI is InChI=1S/C13H15NO4/c1-8-11(13(15)18-14-8)7-9-6-10(16-2)4-5-12(9)17-3/h4-6,14H,7H2,1-3H3. The maximum Gasteiger partial charge on any atom is 0.360 e. The number of hydrogen-bond donors (Lipinski definition) is 1. The Bertz CT molecular complexity index is 597. The van der Waals surface area contributed by atoms with E-state index in [0.717, 1.165) is 22.8 Å². The number of aromatic nitrogens is 1. The van der Waals surface area contributed by atoms with E-state index < -0.39 is 0 Å². The van der Waals surface area contributed by atoms with Gasteiger partial charge in [0.15, 0.2) is 0 Å². The van der Waals surface area contributed by atoms with Crippen LogP contribution in [-0.4, -0.2) is 19.4 Å². The second-order valence-corrected chi connectivity index (χ2v) is 3.95. The van der Waals surface area contributed by atoms with Gasteiger partial charge in [-0.1, -0.05) is 0 Å². The molecule has 0 radical (unpaired) electrons. The van der Waals surface area contributed by atoms with Crippen LogP contribution in [0.2, 0.25) is 0 Å². The largest absolute Gasteiger partial charge is 0.497 e. The Morgan fingerprint density at radius 2 is 2.06 bits per heavy atom. The molecule has 0 saturated carbocycles. The first-order chi connectivity index (χ1) is 8.65. The molecular weight excluding hydrogens is 234 g/mol. The van der Waals surface area contributed by atoms with Gasteiger partial charge in [-0.2, -0.15) is 0 Å². The average Bonchev–Trinajstić information content (AvgIpc) is 2.70. The van der Waals surface area contributed by atoms with Gasteiger partial charge < -0.3 is 14.0 Å². The summed E-state index contributed by atoms with van der Waals surface area (Å²) in [7, 11) is 3.19. The summed E-state index contributed by atoms with van der Waals surface area (Å²) in [6.45, 7) is 1.80. The summed E-state index contributed by atoms with van der Waals surface area (Å²) in [4.78, 5) is 11.5. The minimum absolute atomic E-state index is 0.350. The predicted octanol–water partition coefficient (Wildman–Crippen LogP) is 1.88. The van der Waals surface area contributed by atoms with Gasteiger partial charge in [0.1, 0.15) is 11.5 Å². The minimum Gasteiger partial charge on any atom is -0.497 e. The highest BCUT2D eigenvalue weighted by molar-refractivity contribution is 5.43. The molecule has 0 aliphatic heterocycles. The Labute approximate surface area is 104 Å². The van der Waals surface area contributed by atoms with E-state index in [1.807, 2.05) is 18.2 Å². The lowest BCUT2D eigenvalue weighted by Crippen LogP contribution is -2.05.